The molecule has 0 atom stereocenters. The van der Waals surface area contributed by atoms with Crippen LogP contribution in [0.2, 0.25) is 0 Å². The maximum atomic E-state index is 11.7. The van der Waals surface area contributed by atoms with E-state index in [0.717, 1.165) is 5.56 Å². The largest absolute Gasteiger partial charge is 0.366 e. The third-order valence-electron chi connectivity index (χ3n) is 3.17. The Balaban J connectivity index is 1.73. The molecule has 0 bridgehead atoms. The van der Waals surface area contributed by atoms with Crippen molar-refractivity contribution in [2.24, 2.45) is 5.73 Å². The standard InChI is InChI=1S/C15H20N6O3/c1-21(2)14-19-12(24-20-14)9-18-15(23)17-7-6-10-4-3-5-11(8-10)13(16)22/h3-5,8H,6-7,9H2,1-2H3,(H2,16,22)(H2,17,18,23). The molecule has 0 saturated carbocycles. The molecule has 3 amide bonds. The first-order valence-corrected chi connectivity index (χ1v) is 7.36. The maximum Gasteiger partial charge on any atom is 0.315 e. The van der Waals surface area contributed by atoms with Gasteiger partial charge in [-0.05, 0) is 29.3 Å². The summed E-state index contributed by atoms with van der Waals surface area (Å²) in [7, 11) is 3.59. The van der Waals surface area contributed by atoms with Gasteiger partial charge in [0.25, 0.3) is 5.95 Å². The summed E-state index contributed by atoms with van der Waals surface area (Å²) in [6, 6.07) is 6.65. The maximum absolute atomic E-state index is 11.7. The van der Waals surface area contributed by atoms with Crippen LogP contribution in [0.5, 0.6) is 0 Å². The minimum Gasteiger partial charge on any atom is -0.366 e. The van der Waals surface area contributed by atoms with E-state index in [9.17, 15) is 9.59 Å². The van der Waals surface area contributed by atoms with E-state index >= 15 is 0 Å². The Bertz CT molecular complexity index is 713. The summed E-state index contributed by atoms with van der Waals surface area (Å²) in [5, 5.41) is 9.09. The van der Waals surface area contributed by atoms with Crippen LogP contribution in [0.1, 0.15) is 21.8 Å². The Morgan fingerprint density at radius 2 is 2.08 bits per heavy atom. The van der Waals surface area contributed by atoms with Gasteiger partial charge in [-0.25, -0.2) is 4.79 Å². The molecule has 24 heavy (non-hydrogen) atoms. The SMILES string of the molecule is CN(C)c1noc(CNC(=O)NCCc2cccc(C(N)=O)c2)n1. The van der Waals surface area contributed by atoms with Crippen LogP contribution < -0.4 is 21.3 Å². The summed E-state index contributed by atoms with van der Waals surface area (Å²) >= 11 is 0. The minimum absolute atomic E-state index is 0.143. The van der Waals surface area contributed by atoms with Gasteiger partial charge in [0.15, 0.2) is 0 Å². The van der Waals surface area contributed by atoms with Crippen LogP contribution in [-0.4, -0.2) is 42.7 Å². The average molecular weight is 332 g/mol. The number of hydrogen-bond acceptors (Lipinski definition) is 6. The van der Waals surface area contributed by atoms with E-state index in [2.05, 4.69) is 20.8 Å². The number of carbonyl (C=O) groups excluding carboxylic acids is 2. The van der Waals surface area contributed by atoms with Crippen LogP contribution >= 0.6 is 0 Å². The predicted molar refractivity (Wildman–Crippen MR) is 87.5 cm³/mol. The van der Waals surface area contributed by atoms with Gasteiger partial charge >= 0.3 is 6.03 Å². The Morgan fingerprint density at radius 3 is 2.75 bits per heavy atom. The molecule has 1 aromatic heterocycles. The minimum atomic E-state index is -0.473. The average Bonchev–Trinajstić information content (AvgIpc) is 3.02. The molecule has 0 spiro atoms. The second-order valence-corrected chi connectivity index (χ2v) is 5.31. The van der Waals surface area contributed by atoms with Crippen molar-refractivity contribution < 1.29 is 14.1 Å². The number of hydrogen-bond donors (Lipinski definition) is 3. The number of aromatic nitrogens is 2. The number of nitrogens with zero attached hydrogens (tertiary/aromatic N) is 3. The molecule has 9 heteroatoms. The number of urea groups is 1. The van der Waals surface area contributed by atoms with Crippen molar-refractivity contribution >= 4 is 17.9 Å². The van der Waals surface area contributed by atoms with Crippen molar-refractivity contribution in [1.82, 2.24) is 20.8 Å². The molecule has 0 aliphatic rings. The molecular weight excluding hydrogens is 312 g/mol. The molecule has 0 unspecified atom stereocenters. The van der Waals surface area contributed by atoms with Crippen molar-refractivity contribution in [3.8, 4) is 0 Å². The Morgan fingerprint density at radius 1 is 1.29 bits per heavy atom. The molecule has 2 aromatic rings. The van der Waals surface area contributed by atoms with Gasteiger partial charge in [-0.15, -0.1) is 0 Å². The summed E-state index contributed by atoms with van der Waals surface area (Å²) in [5.41, 5.74) is 6.60. The van der Waals surface area contributed by atoms with Crippen LogP contribution in [-0.2, 0) is 13.0 Å². The molecular formula is C15H20N6O3. The second-order valence-electron chi connectivity index (χ2n) is 5.31. The van der Waals surface area contributed by atoms with Gasteiger partial charge in [0.1, 0.15) is 0 Å². The Labute approximate surface area is 139 Å². The first-order valence-electron chi connectivity index (χ1n) is 7.36. The zero-order valence-electron chi connectivity index (χ0n) is 13.6. The van der Waals surface area contributed by atoms with E-state index < -0.39 is 5.91 Å². The zero-order chi connectivity index (χ0) is 17.5. The number of primary amides is 1. The van der Waals surface area contributed by atoms with E-state index in [4.69, 9.17) is 10.3 Å². The summed E-state index contributed by atoms with van der Waals surface area (Å²) in [5.74, 6) is 0.295. The topological polar surface area (TPSA) is 126 Å². The zero-order valence-corrected chi connectivity index (χ0v) is 13.6. The van der Waals surface area contributed by atoms with E-state index in [1.54, 1.807) is 37.2 Å². The molecule has 2 rings (SSSR count). The lowest BCUT2D eigenvalue weighted by Crippen LogP contribution is -2.36. The number of rotatable bonds is 7. The lowest BCUT2D eigenvalue weighted by atomic mass is 10.1. The van der Waals surface area contributed by atoms with E-state index in [1.165, 1.54) is 0 Å². The summed E-state index contributed by atoms with van der Waals surface area (Å²) in [6.45, 7) is 0.560. The van der Waals surface area contributed by atoms with Gasteiger partial charge in [-0.2, -0.15) is 4.98 Å². The van der Waals surface area contributed by atoms with Gasteiger partial charge in [0.05, 0.1) is 6.54 Å². The molecule has 4 N–H and O–H groups in total. The highest BCUT2D eigenvalue weighted by Crippen LogP contribution is 2.06. The van der Waals surface area contributed by atoms with Crippen molar-refractivity contribution in [3.05, 3.63) is 41.3 Å². The second kappa shape index (κ2) is 7.95. The van der Waals surface area contributed by atoms with Crippen molar-refractivity contribution in [2.75, 3.05) is 25.5 Å². The fourth-order valence-electron chi connectivity index (χ4n) is 1.92. The van der Waals surface area contributed by atoms with Gasteiger partial charge in [-0.1, -0.05) is 12.1 Å². The number of amides is 3. The summed E-state index contributed by atoms with van der Waals surface area (Å²) < 4.78 is 5.00. The highest BCUT2D eigenvalue weighted by atomic mass is 16.5. The first-order chi connectivity index (χ1) is 11.5. The normalized spacial score (nSPS) is 10.2. The Kier molecular flexibility index (Phi) is 5.72. The van der Waals surface area contributed by atoms with Crippen LogP contribution in [0, 0.1) is 0 Å². The lowest BCUT2D eigenvalue weighted by molar-refractivity contribution is 0.1000. The van der Waals surface area contributed by atoms with Crippen LogP contribution in [0.15, 0.2) is 28.8 Å². The fraction of sp³-hybridized carbons (Fsp3) is 0.333. The molecule has 0 radical (unpaired) electrons. The summed E-state index contributed by atoms with van der Waals surface area (Å²) in [6.07, 6.45) is 0.583. The number of benzene rings is 1. The van der Waals surface area contributed by atoms with Gasteiger partial charge in [-0.3, -0.25) is 4.79 Å². The lowest BCUT2D eigenvalue weighted by Gasteiger charge is -2.07. The number of anilines is 1. The van der Waals surface area contributed by atoms with Crippen molar-refractivity contribution in [2.45, 2.75) is 13.0 Å². The molecule has 0 aliphatic carbocycles. The van der Waals surface area contributed by atoms with Crippen molar-refractivity contribution in [3.63, 3.8) is 0 Å². The summed E-state index contributed by atoms with van der Waals surface area (Å²) in [4.78, 5) is 28.6. The highest BCUT2D eigenvalue weighted by Gasteiger charge is 2.09. The van der Waals surface area contributed by atoms with E-state index in [1.807, 2.05) is 6.07 Å². The Hall–Kier alpha value is -3.10. The third kappa shape index (κ3) is 4.97. The third-order valence-corrected chi connectivity index (χ3v) is 3.17. The number of nitrogens with one attached hydrogen (secondary N) is 2. The molecule has 9 nitrogen and oxygen atoms in total. The monoisotopic (exact) mass is 332 g/mol. The quantitative estimate of drug-likeness (QED) is 0.668. The van der Waals surface area contributed by atoms with Gasteiger partial charge < -0.3 is 25.8 Å². The van der Waals surface area contributed by atoms with Crippen molar-refractivity contribution in [1.29, 1.82) is 0 Å². The molecule has 128 valence electrons. The molecule has 0 aliphatic heterocycles. The smallest absolute Gasteiger partial charge is 0.315 e. The van der Waals surface area contributed by atoms with E-state index in [0.29, 0.717) is 30.4 Å². The number of nitrogens with two attached hydrogens (primary N) is 1. The number of carbonyl (C=O) groups is 2. The predicted octanol–water partition coefficient (Wildman–Crippen LogP) is 0.276. The van der Waals surface area contributed by atoms with Crippen LogP contribution in [0.25, 0.3) is 0 Å². The molecule has 1 heterocycles. The van der Waals surface area contributed by atoms with E-state index in [-0.39, 0.29) is 12.6 Å². The van der Waals surface area contributed by atoms with Crippen LogP contribution in [0.3, 0.4) is 0 Å². The molecule has 0 fully saturated rings. The fourth-order valence-corrected chi connectivity index (χ4v) is 1.92. The highest BCUT2D eigenvalue weighted by molar-refractivity contribution is 5.92. The van der Waals surface area contributed by atoms with Crippen LogP contribution in [0.4, 0.5) is 10.7 Å². The van der Waals surface area contributed by atoms with Gasteiger partial charge in [0, 0.05) is 26.2 Å². The molecule has 1 aromatic carbocycles. The molecule has 0 saturated heterocycles. The first kappa shape index (κ1) is 17.3. The van der Waals surface area contributed by atoms with Gasteiger partial charge in [0.2, 0.25) is 11.8 Å².